The summed E-state index contributed by atoms with van der Waals surface area (Å²) in [7, 11) is 1.10. The van der Waals surface area contributed by atoms with Gasteiger partial charge in [0, 0.05) is 39.8 Å². The molecule has 250 valence electrons. The van der Waals surface area contributed by atoms with Crippen molar-refractivity contribution in [3.63, 3.8) is 0 Å². The van der Waals surface area contributed by atoms with E-state index in [9.17, 15) is 18.0 Å². The molecule has 0 aromatic heterocycles. The predicted molar refractivity (Wildman–Crippen MR) is 178 cm³/mol. The number of nitrogens with zero attached hydrogens (tertiary/aromatic N) is 2. The lowest BCUT2D eigenvalue weighted by Crippen LogP contribution is -2.54. The number of sulfonamides is 1. The summed E-state index contributed by atoms with van der Waals surface area (Å²) < 4.78 is 51.3. The number of nitrogens with one attached hydrogen (secondary N) is 1. The first-order valence-electron chi connectivity index (χ1n) is 14.1. The number of methoxy groups -OCH3 is 4. The molecule has 0 bridgehead atoms. The minimum absolute atomic E-state index is 0.0208. The van der Waals surface area contributed by atoms with Crippen LogP contribution >= 0.6 is 23.2 Å². The highest BCUT2D eigenvalue weighted by atomic mass is 35.5. The van der Waals surface area contributed by atoms with Gasteiger partial charge >= 0.3 is 0 Å². The molecule has 3 aromatic carbocycles. The van der Waals surface area contributed by atoms with E-state index in [1.54, 1.807) is 52.0 Å². The van der Waals surface area contributed by atoms with E-state index in [-0.39, 0.29) is 38.7 Å². The van der Waals surface area contributed by atoms with Gasteiger partial charge in [0.2, 0.25) is 11.8 Å². The standard InChI is InChI=1S/C32H39Cl2N3O8S/c1-20(31(39)35-32(2,3)4)36(18-23-24(33)10-9-11-25(23)34)30(38)19-37(26-16-21(42-5)12-14-27(26)43-6)46(40,41)22-13-15-28(44-7)29(17-22)45-8/h9-17,20H,18-19H2,1-8H3,(H,35,39)/t20-/m0/s1. The second-order valence-corrected chi connectivity index (χ2v) is 13.9. The van der Waals surface area contributed by atoms with Gasteiger partial charge in [0.25, 0.3) is 10.0 Å². The van der Waals surface area contributed by atoms with E-state index in [1.807, 2.05) is 0 Å². The maximum Gasteiger partial charge on any atom is 0.265 e. The number of amides is 2. The van der Waals surface area contributed by atoms with Gasteiger partial charge in [-0.25, -0.2) is 8.42 Å². The highest BCUT2D eigenvalue weighted by molar-refractivity contribution is 7.92. The number of benzene rings is 3. The molecule has 0 aliphatic rings. The topological polar surface area (TPSA) is 124 Å². The van der Waals surface area contributed by atoms with Crippen molar-refractivity contribution >= 4 is 50.7 Å². The largest absolute Gasteiger partial charge is 0.497 e. The van der Waals surface area contributed by atoms with Crippen LogP contribution in [0.25, 0.3) is 0 Å². The Morgan fingerprint density at radius 1 is 0.848 bits per heavy atom. The molecular weight excluding hydrogens is 657 g/mol. The second kappa shape index (κ2) is 15.1. The monoisotopic (exact) mass is 695 g/mol. The maximum atomic E-state index is 14.4. The molecule has 1 N–H and O–H groups in total. The highest BCUT2D eigenvalue weighted by Gasteiger charge is 2.35. The summed E-state index contributed by atoms with van der Waals surface area (Å²) in [6, 6.07) is 12.4. The molecule has 2 amide bonds. The first kappa shape index (κ1) is 36.6. The van der Waals surface area contributed by atoms with Gasteiger partial charge in [0.15, 0.2) is 11.5 Å². The van der Waals surface area contributed by atoms with Crippen LogP contribution in [0.15, 0.2) is 59.5 Å². The number of halogens is 2. The van der Waals surface area contributed by atoms with Crippen molar-refractivity contribution in [2.75, 3.05) is 39.3 Å². The fourth-order valence-electron chi connectivity index (χ4n) is 4.52. The van der Waals surface area contributed by atoms with Crippen LogP contribution in [0.1, 0.15) is 33.3 Å². The average molecular weight is 697 g/mol. The number of anilines is 1. The summed E-state index contributed by atoms with van der Waals surface area (Å²) >= 11 is 12.9. The lowest BCUT2D eigenvalue weighted by Gasteiger charge is -2.34. The summed E-state index contributed by atoms with van der Waals surface area (Å²) in [5.41, 5.74) is -0.200. The van der Waals surface area contributed by atoms with E-state index in [0.717, 1.165) is 4.31 Å². The lowest BCUT2D eigenvalue weighted by molar-refractivity contribution is -0.140. The van der Waals surface area contributed by atoms with E-state index in [0.29, 0.717) is 17.1 Å². The van der Waals surface area contributed by atoms with Crippen molar-refractivity contribution in [2.24, 2.45) is 0 Å². The lowest BCUT2D eigenvalue weighted by atomic mass is 10.1. The number of hydrogen-bond acceptors (Lipinski definition) is 8. The molecule has 0 radical (unpaired) electrons. The number of hydrogen-bond donors (Lipinski definition) is 1. The number of carbonyl (C=O) groups excluding carboxylic acids is 2. The highest BCUT2D eigenvalue weighted by Crippen LogP contribution is 2.38. The van der Waals surface area contributed by atoms with Crippen LogP contribution in [0.5, 0.6) is 23.0 Å². The molecular formula is C32H39Cl2N3O8S. The van der Waals surface area contributed by atoms with Crippen molar-refractivity contribution in [1.29, 1.82) is 0 Å². The Labute approximate surface area is 280 Å². The van der Waals surface area contributed by atoms with Crippen LogP contribution in [-0.2, 0) is 26.2 Å². The number of carbonyl (C=O) groups is 2. The quantitative estimate of drug-likeness (QED) is 0.247. The van der Waals surface area contributed by atoms with Crippen LogP contribution in [0.4, 0.5) is 5.69 Å². The van der Waals surface area contributed by atoms with Crippen LogP contribution in [0.2, 0.25) is 10.0 Å². The molecule has 14 heteroatoms. The zero-order valence-electron chi connectivity index (χ0n) is 27.0. The fraction of sp³-hybridized carbons (Fsp3) is 0.375. The molecule has 0 unspecified atom stereocenters. The molecule has 0 heterocycles. The molecule has 3 rings (SSSR count). The average Bonchev–Trinajstić information content (AvgIpc) is 3.01. The summed E-state index contributed by atoms with van der Waals surface area (Å²) in [5.74, 6) is -0.247. The summed E-state index contributed by atoms with van der Waals surface area (Å²) in [6.45, 7) is 6.04. The molecule has 0 aliphatic heterocycles. The molecule has 0 saturated heterocycles. The molecule has 0 spiro atoms. The first-order chi connectivity index (χ1) is 21.6. The third kappa shape index (κ3) is 8.48. The van der Waals surface area contributed by atoms with Gasteiger partial charge in [-0.05, 0) is 64.1 Å². The fourth-order valence-corrected chi connectivity index (χ4v) is 6.47. The van der Waals surface area contributed by atoms with Gasteiger partial charge in [0.05, 0.1) is 39.0 Å². The number of rotatable bonds is 13. The Morgan fingerprint density at radius 2 is 1.43 bits per heavy atom. The SMILES string of the molecule is COc1ccc(OC)c(N(CC(=O)N(Cc2c(Cl)cccc2Cl)[C@@H](C)C(=O)NC(C)(C)C)S(=O)(=O)c2ccc(OC)c(OC)c2)c1. The molecule has 3 aromatic rings. The van der Waals surface area contributed by atoms with Crippen LogP contribution in [0.3, 0.4) is 0 Å². The van der Waals surface area contributed by atoms with Gasteiger partial charge < -0.3 is 29.2 Å². The van der Waals surface area contributed by atoms with Crippen LogP contribution in [0, 0.1) is 0 Å². The van der Waals surface area contributed by atoms with E-state index < -0.39 is 40.0 Å². The van der Waals surface area contributed by atoms with Crippen molar-refractivity contribution in [3.05, 3.63) is 70.2 Å². The molecule has 46 heavy (non-hydrogen) atoms. The third-order valence-corrected chi connectivity index (χ3v) is 9.40. The van der Waals surface area contributed by atoms with Crippen molar-refractivity contribution in [2.45, 2.75) is 50.7 Å². The maximum absolute atomic E-state index is 14.4. The molecule has 1 atom stereocenters. The summed E-state index contributed by atoms with van der Waals surface area (Å²) in [6.07, 6.45) is 0. The van der Waals surface area contributed by atoms with E-state index in [2.05, 4.69) is 5.32 Å². The Kier molecular flexibility index (Phi) is 12.0. The minimum Gasteiger partial charge on any atom is -0.497 e. The molecule has 0 fully saturated rings. The second-order valence-electron chi connectivity index (χ2n) is 11.2. The zero-order chi connectivity index (χ0) is 34.4. The minimum atomic E-state index is -4.50. The van der Waals surface area contributed by atoms with Crippen molar-refractivity contribution in [1.82, 2.24) is 10.2 Å². The smallest absolute Gasteiger partial charge is 0.265 e. The Morgan fingerprint density at radius 3 is 1.98 bits per heavy atom. The number of ether oxygens (including phenoxy) is 4. The van der Waals surface area contributed by atoms with Gasteiger partial charge in [0.1, 0.15) is 24.1 Å². The van der Waals surface area contributed by atoms with Gasteiger partial charge in [-0.3, -0.25) is 13.9 Å². The van der Waals surface area contributed by atoms with Gasteiger partial charge in [-0.15, -0.1) is 0 Å². The van der Waals surface area contributed by atoms with Gasteiger partial charge in [-0.2, -0.15) is 0 Å². The Balaban J connectivity index is 2.21. The molecule has 0 aliphatic carbocycles. The Hall–Kier alpha value is -3.87. The van der Waals surface area contributed by atoms with Crippen molar-refractivity contribution in [3.8, 4) is 23.0 Å². The van der Waals surface area contributed by atoms with Crippen LogP contribution < -0.4 is 28.6 Å². The van der Waals surface area contributed by atoms with Gasteiger partial charge in [-0.1, -0.05) is 29.3 Å². The van der Waals surface area contributed by atoms with Crippen molar-refractivity contribution < 1.29 is 37.0 Å². The summed E-state index contributed by atoms with van der Waals surface area (Å²) in [4.78, 5) is 28.8. The van der Waals surface area contributed by atoms with Crippen LogP contribution in [-0.4, -0.2) is 71.7 Å². The Bertz CT molecular complexity index is 1660. The summed E-state index contributed by atoms with van der Waals surface area (Å²) in [5, 5.41) is 3.43. The van der Waals surface area contributed by atoms with E-state index in [4.69, 9.17) is 42.1 Å². The first-order valence-corrected chi connectivity index (χ1v) is 16.3. The van der Waals surface area contributed by atoms with E-state index >= 15 is 0 Å². The zero-order valence-corrected chi connectivity index (χ0v) is 29.3. The third-order valence-electron chi connectivity index (χ3n) is 6.93. The van der Waals surface area contributed by atoms with E-state index in [1.165, 1.54) is 63.7 Å². The molecule has 11 nitrogen and oxygen atoms in total. The molecule has 0 saturated carbocycles. The predicted octanol–water partition coefficient (Wildman–Crippen LogP) is 5.56. The normalized spacial score (nSPS) is 12.1.